The summed E-state index contributed by atoms with van der Waals surface area (Å²) in [7, 11) is 0. The highest BCUT2D eigenvalue weighted by Crippen LogP contribution is 2.52. The predicted octanol–water partition coefficient (Wildman–Crippen LogP) is 14.2. The van der Waals surface area contributed by atoms with Crippen LogP contribution in [-0.2, 0) is 5.60 Å². The Labute approximate surface area is 376 Å². The van der Waals surface area contributed by atoms with Crippen LogP contribution in [0.3, 0.4) is 0 Å². The SMILES string of the molecule is N#Cc1ccc(-c2cccc(-c3nc(-c4cccc(-c5ccccc5)c4)nc(-c4cc(F)cc(-c5ccc6c(c5)OC(c5ccccc5)(c5ccccc5)c5ccccc5-6)c4)n3)c2)cc1. The van der Waals surface area contributed by atoms with E-state index in [1.165, 1.54) is 12.1 Å². The first kappa shape index (κ1) is 39.1. The van der Waals surface area contributed by atoms with Gasteiger partial charge in [-0.3, -0.25) is 0 Å². The van der Waals surface area contributed by atoms with Crippen molar-refractivity contribution in [2.75, 3.05) is 0 Å². The smallest absolute Gasteiger partial charge is 0.185 e. The Balaban J connectivity index is 1.04. The summed E-state index contributed by atoms with van der Waals surface area (Å²) in [5.41, 5.74) is 12.2. The monoisotopic (exact) mass is 836 g/mol. The molecular formula is C59H37FN4O. The van der Waals surface area contributed by atoms with Crippen LogP contribution in [0.2, 0.25) is 0 Å². The van der Waals surface area contributed by atoms with Crippen LogP contribution in [-0.4, -0.2) is 15.0 Å². The van der Waals surface area contributed by atoms with Gasteiger partial charge in [-0.25, -0.2) is 19.3 Å². The minimum Gasteiger partial charge on any atom is -0.472 e. The van der Waals surface area contributed by atoms with Gasteiger partial charge in [0.15, 0.2) is 23.1 Å². The molecule has 0 amide bonds. The molecule has 9 aromatic carbocycles. The van der Waals surface area contributed by atoms with Crippen LogP contribution in [0.1, 0.15) is 22.3 Å². The van der Waals surface area contributed by atoms with Gasteiger partial charge in [-0.1, -0.05) is 176 Å². The van der Waals surface area contributed by atoms with Crippen LogP contribution in [0.4, 0.5) is 4.39 Å². The van der Waals surface area contributed by atoms with Crippen molar-refractivity contribution in [2.24, 2.45) is 0 Å². The van der Waals surface area contributed by atoms with Crippen molar-refractivity contribution in [3.63, 3.8) is 0 Å². The second kappa shape index (κ2) is 16.5. The van der Waals surface area contributed by atoms with Crippen LogP contribution in [0.15, 0.2) is 224 Å². The van der Waals surface area contributed by atoms with Crippen molar-refractivity contribution in [1.82, 2.24) is 15.0 Å². The molecular weight excluding hydrogens is 800 g/mol. The Kier molecular flexibility index (Phi) is 9.91. The lowest BCUT2D eigenvalue weighted by atomic mass is 9.75. The van der Waals surface area contributed by atoms with Gasteiger partial charge in [0.2, 0.25) is 0 Å². The molecule has 11 rings (SSSR count). The molecule has 0 spiro atoms. The van der Waals surface area contributed by atoms with E-state index < -0.39 is 11.4 Å². The second-order valence-corrected chi connectivity index (χ2v) is 16.0. The van der Waals surface area contributed by atoms with E-state index in [4.69, 9.17) is 19.7 Å². The molecule has 0 fully saturated rings. The molecule has 0 radical (unpaired) electrons. The second-order valence-electron chi connectivity index (χ2n) is 16.0. The molecule has 0 unspecified atom stereocenters. The van der Waals surface area contributed by atoms with Gasteiger partial charge < -0.3 is 4.74 Å². The summed E-state index contributed by atoms with van der Waals surface area (Å²) >= 11 is 0. The third kappa shape index (κ3) is 7.31. The van der Waals surface area contributed by atoms with Gasteiger partial charge in [-0.2, -0.15) is 5.26 Å². The number of aromatic nitrogens is 3. The minimum atomic E-state index is -0.940. The quantitative estimate of drug-likeness (QED) is 0.152. The Morgan fingerprint density at radius 3 is 1.46 bits per heavy atom. The minimum absolute atomic E-state index is 0.329. The van der Waals surface area contributed by atoms with E-state index in [0.717, 1.165) is 66.8 Å². The molecule has 10 aromatic rings. The van der Waals surface area contributed by atoms with Gasteiger partial charge >= 0.3 is 0 Å². The third-order valence-electron chi connectivity index (χ3n) is 12.0. The lowest BCUT2D eigenvalue weighted by molar-refractivity contribution is 0.152. The fraction of sp³-hybridized carbons (Fsp3) is 0.0169. The van der Waals surface area contributed by atoms with Crippen LogP contribution < -0.4 is 4.74 Å². The Morgan fingerprint density at radius 2 is 0.846 bits per heavy atom. The van der Waals surface area contributed by atoms with E-state index in [-0.39, 0.29) is 0 Å². The Bertz CT molecular complexity index is 3380. The molecule has 1 aliphatic rings. The molecule has 0 saturated carbocycles. The van der Waals surface area contributed by atoms with E-state index in [1.807, 2.05) is 121 Å². The molecule has 0 bridgehead atoms. The highest BCUT2D eigenvalue weighted by molar-refractivity contribution is 5.83. The van der Waals surface area contributed by atoms with E-state index >= 15 is 4.39 Å². The Hall–Kier alpha value is -8.79. The zero-order chi connectivity index (χ0) is 43.7. The lowest BCUT2D eigenvalue weighted by Crippen LogP contribution is -2.38. The van der Waals surface area contributed by atoms with Gasteiger partial charge in [0.05, 0.1) is 11.6 Å². The first-order chi connectivity index (χ1) is 32.0. The molecule has 0 aliphatic carbocycles. The lowest BCUT2D eigenvalue weighted by Gasteiger charge is -2.41. The number of ether oxygens (including phenoxy) is 1. The fourth-order valence-corrected chi connectivity index (χ4v) is 8.89. The molecule has 306 valence electrons. The summed E-state index contributed by atoms with van der Waals surface area (Å²) in [6.07, 6.45) is 0. The topological polar surface area (TPSA) is 71.7 Å². The number of hydrogen-bond donors (Lipinski definition) is 0. The average Bonchev–Trinajstić information content (AvgIpc) is 3.38. The van der Waals surface area contributed by atoms with E-state index in [1.54, 1.807) is 12.1 Å². The third-order valence-corrected chi connectivity index (χ3v) is 12.0. The summed E-state index contributed by atoms with van der Waals surface area (Å²) < 4.78 is 23.5. The number of benzene rings is 9. The average molecular weight is 837 g/mol. The van der Waals surface area contributed by atoms with E-state index in [2.05, 4.69) is 84.9 Å². The van der Waals surface area contributed by atoms with Crippen molar-refractivity contribution in [3.05, 3.63) is 253 Å². The van der Waals surface area contributed by atoms with E-state index in [0.29, 0.717) is 39.9 Å². The largest absolute Gasteiger partial charge is 0.472 e. The molecule has 1 aliphatic heterocycles. The Morgan fingerprint density at radius 1 is 0.385 bits per heavy atom. The summed E-state index contributed by atoms with van der Waals surface area (Å²) in [4.78, 5) is 15.1. The van der Waals surface area contributed by atoms with Crippen molar-refractivity contribution in [2.45, 2.75) is 5.60 Å². The standard InChI is InChI=1S/C59H37FN4O/c60-51-35-47(44-30-31-53-52-24-10-11-25-54(52)59(65-55(53)37-44,49-20-6-2-7-21-49)50-22-8-3-9-23-50)34-48(36-51)58-63-56(45-18-12-16-42(32-45)40-14-4-1-5-15-40)62-57(64-58)46-19-13-17-43(33-46)41-28-26-39(38-61)27-29-41/h1-37H. The van der Waals surface area contributed by atoms with Gasteiger partial charge in [-0.05, 0) is 87.5 Å². The number of halogens is 1. The molecule has 65 heavy (non-hydrogen) atoms. The van der Waals surface area contributed by atoms with E-state index in [9.17, 15) is 5.26 Å². The summed E-state index contributed by atoms with van der Waals surface area (Å²) in [5.74, 6) is 1.48. The summed E-state index contributed by atoms with van der Waals surface area (Å²) in [6, 6.07) is 75.9. The van der Waals surface area contributed by atoms with Crippen LogP contribution >= 0.6 is 0 Å². The van der Waals surface area contributed by atoms with Crippen LogP contribution in [0, 0.1) is 17.1 Å². The normalized spacial score (nSPS) is 12.3. The van der Waals surface area contributed by atoms with Crippen LogP contribution in [0.5, 0.6) is 5.75 Å². The number of fused-ring (bicyclic) bond motifs is 3. The van der Waals surface area contributed by atoms with Gasteiger partial charge in [-0.15, -0.1) is 0 Å². The number of hydrogen-bond acceptors (Lipinski definition) is 5. The van der Waals surface area contributed by atoms with Gasteiger partial charge in [0.1, 0.15) is 11.6 Å². The van der Waals surface area contributed by atoms with Crippen molar-refractivity contribution < 1.29 is 9.13 Å². The first-order valence-corrected chi connectivity index (χ1v) is 21.4. The van der Waals surface area contributed by atoms with Gasteiger partial charge in [0.25, 0.3) is 0 Å². The first-order valence-electron chi connectivity index (χ1n) is 21.4. The van der Waals surface area contributed by atoms with Crippen LogP contribution in [0.25, 0.3) is 78.7 Å². The molecule has 0 atom stereocenters. The molecule has 6 heteroatoms. The molecule has 2 heterocycles. The molecule has 0 saturated heterocycles. The van der Waals surface area contributed by atoms with Crippen molar-refractivity contribution in [1.29, 1.82) is 5.26 Å². The molecule has 1 aromatic heterocycles. The maximum atomic E-state index is 16.2. The van der Waals surface area contributed by atoms with Gasteiger partial charge in [0, 0.05) is 38.9 Å². The number of nitrogens with zero attached hydrogens (tertiary/aromatic N) is 4. The van der Waals surface area contributed by atoms with Crippen molar-refractivity contribution in [3.8, 4) is 90.5 Å². The fourth-order valence-electron chi connectivity index (χ4n) is 8.89. The summed E-state index contributed by atoms with van der Waals surface area (Å²) in [6.45, 7) is 0. The zero-order valence-corrected chi connectivity index (χ0v) is 34.9. The predicted molar refractivity (Wildman–Crippen MR) is 256 cm³/mol. The zero-order valence-electron chi connectivity index (χ0n) is 34.9. The maximum Gasteiger partial charge on any atom is 0.185 e. The summed E-state index contributed by atoms with van der Waals surface area (Å²) in [5, 5.41) is 9.39. The number of nitriles is 1. The number of rotatable bonds is 8. The molecule has 5 nitrogen and oxygen atoms in total. The highest BCUT2D eigenvalue weighted by atomic mass is 19.1. The molecule has 0 N–H and O–H groups in total. The maximum absolute atomic E-state index is 16.2. The van der Waals surface area contributed by atoms with Crippen molar-refractivity contribution >= 4 is 0 Å². The highest BCUT2D eigenvalue weighted by Gasteiger charge is 2.44.